The maximum atomic E-state index is 5.43. The quantitative estimate of drug-likeness (QED) is 0.541. The predicted molar refractivity (Wildman–Crippen MR) is 101 cm³/mol. The zero-order valence-electron chi connectivity index (χ0n) is 15.2. The lowest BCUT2D eigenvalue weighted by atomic mass is 10.1. The van der Waals surface area contributed by atoms with E-state index in [0.717, 1.165) is 16.8 Å². The summed E-state index contributed by atoms with van der Waals surface area (Å²) in [6.07, 6.45) is 1.71. The van der Waals surface area contributed by atoms with Gasteiger partial charge in [0.25, 0.3) is 5.78 Å². The molecule has 2 aromatic carbocycles. The molecular weight excluding hydrogens is 344 g/mol. The second kappa shape index (κ2) is 6.95. The minimum atomic E-state index is 0.503. The van der Waals surface area contributed by atoms with Crippen LogP contribution >= 0.6 is 0 Å². The first kappa shape index (κ1) is 16.8. The van der Waals surface area contributed by atoms with Crippen LogP contribution in [0.1, 0.15) is 0 Å². The fourth-order valence-electron chi connectivity index (χ4n) is 2.95. The smallest absolute Gasteiger partial charge is 0.253 e. The molecule has 0 aliphatic rings. The van der Waals surface area contributed by atoms with Crippen molar-refractivity contribution >= 4 is 5.78 Å². The third-order valence-electron chi connectivity index (χ3n) is 4.27. The fraction of sp³-hybridized carbons (Fsp3) is 0.150. The number of benzene rings is 2. The Kier molecular flexibility index (Phi) is 4.33. The van der Waals surface area contributed by atoms with E-state index in [0.29, 0.717) is 28.9 Å². The minimum absolute atomic E-state index is 0.503. The molecule has 0 amide bonds. The molecule has 0 spiro atoms. The van der Waals surface area contributed by atoms with Gasteiger partial charge in [-0.15, -0.1) is 5.10 Å². The van der Waals surface area contributed by atoms with Gasteiger partial charge >= 0.3 is 0 Å². The van der Waals surface area contributed by atoms with Crippen LogP contribution in [0.4, 0.5) is 0 Å². The lowest BCUT2D eigenvalue weighted by Gasteiger charge is -2.10. The number of rotatable bonds is 5. The standard InChI is InChI=1S/C20H18N4O3/c1-25-16-7-5-4-6-14(16)19-22-20-21-11-10-15(24(20)23-19)13-8-9-17(26-2)18(12-13)27-3/h4-12H,1-3H3. The largest absolute Gasteiger partial charge is 0.496 e. The van der Waals surface area contributed by atoms with Crippen molar-refractivity contribution in [2.45, 2.75) is 0 Å². The molecule has 136 valence electrons. The number of hydrogen-bond donors (Lipinski definition) is 0. The summed E-state index contributed by atoms with van der Waals surface area (Å²) in [5, 5.41) is 4.66. The average molecular weight is 362 g/mol. The first-order valence-corrected chi connectivity index (χ1v) is 8.32. The monoisotopic (exact) mass is 362 g/mol. The number of hydrogen-bond acceptors (Lipinski definition) is 6. The van der Waals surface area contributed by atoms with Gasteiger partial charge in [-0.25, -0.2) is 4.98 Å². The Labute approximate surface area is 156 Å². The third kappa shape index (κ3) is 2.93. The Morgan fingerprint density at radius 2 is 1.59 bits per heavy atom. The van der Waals surface area contributed by atoms with E-state index in [-0.39, 0.29) is 0 Å². The molecule has 0 aliphatic carbocycles. The molecular formula is C20H18N4O3. The van der Waals surface area contributed by atoms with Gasteiger partial charge in [-0.3, -0.25) is 0 Å². The molecule has 0 saturated heterocycles. The molecule has 7 heteroatoms. The average Bonchev–Trinajstić information content (AvgIpc) is 3.17. The van der Waals surface area contributed by atoms with Crippen molar-refractivity contribution in [3.8, 4) is 39.9 Å². The third-order valence-corrected chi connectivity index (χ3v) is 4.27. The molecule has 0 bridgehead atoms. The molecule has 0 saturated carbocycles. The molecule has 0 fully saturated rings. The lowest BCUT2D eigenvalue weighted by molar-refractivity contribution is 0.355. The first-order valence-electron chi connectivity index (χ1n) is 8.32. The van der Waals surface area contributed by atoms with Crippen molar-refractivity contribution in [2.75, 3.05) is 21.3 Å². The summed E-state index contributed by atoms with van der Waals surface area (Å²) in [6, 6.07) is 15.2. The molecule has 27 heavy (non-hydrogen) atoms. The Bertz CT molecular complexity index is 1110. The molecule has 2 aromatic heterocycles. The Hall–Kier alpha value is -3.61. The number of ether oxygens (including phenoxy) is 3. The van der Waals surface area contributed by atoms with Crippen molar-refractivity contribution in [2.24, 2.45) is 0 Å². The van der Waals surface area contributed by atoms with E-state index in [2.05, 4.69) is 15.1 Å². The summed E-state index contributed by atoms with van der Waals surface area (Å²) in [5.41, 5.74) is 2.56. The highest BCUT2D eigenvalue weighted by Crippen LogP contribution is 2.33. The lowest BCUT2D eigenvalue weighted by Crippen LogP contribution is -1.97. The summed E-state index contributed by atoms with van der Waals surface area (Å²) in [6.45, 7) is 0. The highest BCUT2D eigenvalue weighted by Gasteiger charge is 2.15. The normalized spacial score (nSPS) is 10.8. The van der Waals surface area contributed by atoms with Crippen LogP contribution in [0.5, 0.6) is 17.2 Å². The van der Waals surface area contributed by atoms with Gasteiger partial charge in [-0.2, -0.15) is 9.50 Å². The molecule has 4 rings (SSSR count). The van der Waals surface area contributed by atoms with E-state index < -0.39 is 0 Å². The van der Waals surface area contributed by atoms with Crippen LogP contribution in [-0.2, 0) is 0 Å². The second-order valence-electron chi connectivity index (χ2n) is 5.75. The van der Waals surface area contributed by atoms with Gasteiger partial charge in [-0.05, 0) is 36.4 Å². The van der Waals surface area contributed by atoms with Crippen molar-refractivity contribution in [1.29, 1.82) is 0 Å². The van der Waals surface area contributed by atoms with E-state index in [1.165, 1.54) is 0 Å². The molecule has 4 aromatic rings. The summed E-state index contributed by atoms with van der Waals surface area (Å²) in [4.78, 5) is 8.90. The van der Waals surface area contributed by atoms with E-state index in [4.69, 9.17) is 14.2 Å². The van der Waals surface area contributed by atoms with Crippen LogP contribution in [0, 0.1) is 0 Å². The second-order valence-corrected chi connectivity index (χ2v) is 5.75. The van der Waals surface area contributed by atoms with Crippen LogP contribution in [0.3, 0.4) is 0 Å². The highest BCUT2D eigenvalue weighted by molar-refractivity contribution is 5.68. The number of fused-ring (bicyclic) bond motifs is 1. The van der Waals surface area contributed by atoms with Crippen molar-refractivity contribution in [1.82, 2.24) is 19.6 Å². The molecule has 0 aliphatic heterocycles. The topological polar surface area (TPSA) is 70.8 Å². The van der Waals surface area contributed by atoms with Crippen LogP contribution < -0.4 is 14.2 Å². The van der Waals surface area contributed by atoms with Gasteiger partial charge in [0.15, 0.2) is 17.3 Å². The number of nitrogens with zero attached hydrogens (tertiary/aromatic N) is 4. The van der Waals surface area contributed by atoms with Crippen LogP contribution in [-0.4, -0.2) is 40.9 Å². The van der Waals surface area contributed by atoms with Gasteiger partial charge < -0.3 is 14.2 Å². The van der Waals surface area contributed by atoms with E-state index in [9.17, 15) is 0 Å². The van der Waals surface area contributed by atoms with Crippen LogP contribution in [0.15, 0.2) is 54.7 Å². The number of methoxy groups -OCH3 is 3. The van der Waals surface area contributed by atoms with Gasteiger partial charge in [0.2, 0.25) is 0 Å². The SMILES string of the molecule is COc1ccc(-c2ccnc3nc(-c4ccccc4OC)nn23)cc1OC. The molecule has 7 nitrogen and oxygen atoms in total. The van der Waals surface area contributed by atoms with Crippen LogP contribution in [0.25, 0.3) is 28.4 Å². The molecule has 0 N–H and O–H groups in total. The Morgan fingerprint density at radius 1 is 0.815 bits per heavy atom. The zero-order chi connectivity index (χ0) is 18.8. The Morgan fingerprint density at radius 3 is 2.37 bits per heavy atom. The number of aromatic nitrogens is 4. The van der Waals surface area contributed by atoms with E-state index in [1.54, 1.807) is 32.0 Å². The summed E-state index contributed by atoms with van der Waals surface area (Å²) in [7, 11) is 4.85. The summed E-state index contributed by atoms with van der Waals surface area (Å²) >= 11 is 0. The van der Waals surface area contributed by atoms with Crippen molar-refractivity contribution in [3.63, 3.8) is 0 Å². The summed E-state index contributed by atoms with van der Waals surface area (Å²) < 4.78 is 17.9. The first-order chi connectivity index (χ1) is 13.2. The Balaban J connectivity index is 1.87. The zero-order valence-corrected chi connectivity index (χ0v) is 15.2. The summed E-state index contributed by atoms with van der Waals surface area (Å²) in [5.74, 6) is 3.07. The maximum Gasteiger partial charge on any atom is 0.253 e. The maximum absolute atomic E-state index is 5.43. The molecule has 0 atom stereocenters. The van der Waals surface area contributed by atoms with Gasteiger partial charge in [0.05, 0.1) is 32.6 Å². The molecule has 0 unspecified atom stereocenters. The van der Waals surface area contributed by atoms with Gasteiger partial charge in [-0.1, -0.05) is 12.1 Å². The number of para-hydroxylation sites is 1. The molecule has 2 heterocycles. The van der Waals surface area contributed by atoms with E-state index in [1.807, 2.05) is 48.5 Å². The predicted octanol–water partition coefficient (Wildman–Crippen LogP) is 3.48. The van der Waals surface area contributed by atoms with Crippen LogP contribution in [0.2, 0.25) is 0 Å². The van der Waals surface area contributed by atoms with Gasteiger partial charge in [0.1, 0.15) is 5.75 Å². The van der Waals surface area contributed by atoms with Crippen molar-refractivity contribution in [3.05, 3.63) is 54.7 Å². The van der Waals surface area contributed by atoms with E-state index >= 15 is 0 Å². The fourth-order valence-corrected chi connectivity index (χ4v) is 2.95. The van der Waals surface area contributed by atoms with Gasteiger partial charge in [0, 0.05) is 11.8 Å². The molecule has 0 radical (unpaired) electrons. The highest BCUT2D eigenvalue weighted by atomic mass is 16.5. The minimum Gasteiger partial charge on any atom is -0.496 e. The van der Waals surface area contributed by atoms with Crippen molar-refractivity contribution < 1.29 is 14.2 Å².